The van der Waals surface area contributed by atoms with Crippen LogP contribution in [0.1, 0.15) is 27.3 Å². The molecule has 2 aromatic heterocycles. The second kappa shape index (κ2) is 12.9. The van der Waals surface area contributed by atoms with Crippen LogP contribution < -0.4 is 20.6 Å². The number of methoxy groups -OCH3 is 1. The third kappa shape index (κ3) is 6.21. The first kappa shape index (κ1) is 28.8. The Kier molecular flexibility index (Phi) is 8.43. The Morgan fingerprint density at radius 3 is 2.68 bits per heavy atom. The first-order chi connectivity index (χ1) is 21.5. The predicted octanol–water partition coefficient (Wildman–Crippen LogP) is 2.48. The number of anilines is 1. The van der Waals surface area contributed by atoms with Crippen LogP contribution in [-0.2, 0) is 13.2 Å². The molecular formula is C30H32N10O4. The molecule has 0 spiro atoms. The Bertz CT molecular complexity index is 1790. The summed E-state index contributed by atoms with van der Waals surface area (Å²) in [4.78, 5) is 17.7. The van der Waals surface area contributed by atoms with E-state index in [4.69, 9.17) is 19.8 Å². The summed E-state index contributed by atoms with van der Waals surface area (Å²) in [6, 6.07) is 19.7. The molecule has 0 aliphatic carbocycles. The molecule has 0 saturated carbocycles. The largest absolute Gasteiger partial charge is 0.493 e. The Balaban J connectivity index is 1.15. The number of nitrogens with two attached hydrogens (primary N) is 1. The van der Waals surface area contributed by atoms with Gasteiger partial charge in [0.1, 0.15) is 6.61 Å². The van der Waals surface area contributed by atoms with Crippen molar-refractivity contribution >= 4 is 28.7 Å². The zero-order chi connectivity index (χ0) is 30.5. The third-order valence-electron chi connectivity index (χ3n) is 7.47. The van der Waals surface area contributed by atoms with Crippen molar-refractivity contribution in [3.05, 3.63) is 83.2 Å². The summed E-state index contributed by atoms with van der Waals surface area (Å²) in [5.74, 6) is 0.802. The predicted molar refractivity (Wildman–Crippen MR) is 163 cm³/mol. The number of piperazine rings is 1. The molecule has 1 amide bonds. The number of rotatable bonds is 10. The van der Waals surface area contributed by atoms with Crippen LogP contribution in [0, 0.1) is 0 Å². The van der Waals surface area contributed by atoms with Gasteiger partial charge in [0.2, 0.25) is 11.6 Å². The van der Waals surface area contributed by atoms with Crippen LogP contribution in [-0.4, -0.2) is 87.6 Å². The lowest BCUT2D eigenvalue weighted by molar-refractivity contribution is 0.0946. The molecule has 14 nitrogen and oxygen atoms in total. The summed E-state index contributed by atoms with van der Waals surface area (Å²) in [5, 5.41) is 22.1. The van der Waals surface area contributed by atoms with Crippen LogP contribution in [0.25, 0.3) is 16.6 Å². The van der Waals surface area contributed by atoms with E-state index in [-0.39, 0.29) is 17.3 Å². The van der Waals surface area contributed by atoms with E-state index in [2.05, 4.69) is 66.2 Å². The number of nitrogens with zero attached hydrogens (tertiary/aromatic N) is 8. The number of carbonyl (C=O) groups is 1. The number of amides is 1. The quantitative estimate of drug-likeness (QED) is 0.180. The van der Waals surface area contributed by atoms with E-state index >= 15 is 0 Å². The molecule has 5 aromatic rings. The highest BCUT2D eigenvalue weighted by Crippen LogP contribution is 2.29. The number of hydrogen-bond donors (Lipinski definition) is 2. The average molecular weight is 597 g/mol. The zero-order valence-corrected chi connectivity index (χ0v) is 24.4. The lowest BCUT2D eigenvalue weighted by Gasteiger charge is -2.32. The van der Waals surface area contributed by atoms with Crippen LogP contribution in [0.3, 0.4) is 0 Å². The first-order valence-corrected chi connectivity index (χ1v) is 14.0. The van der Waals surface area contributed by atoms with Crippen LogP contribution in [0.4, 0.5) is 5.82 Å². The summed E-state index contributed by atoms with van der Waals surface area (Å²) in [5.41, 5.74) is 10.8. The average Bonchev–Trinajstić information content (AvgIpc) is 3.66. The maximum Gasteiger partial charge on any atom is 0.293 e. The van der Waals surface area contributed by atoms with Gasteiger partial charge < -0.3 is 20.1 Å². The van der Waals surface area contributed by atoms with E-state index in [1.54, 1.807) is 13.2 Å². The minimum Gasteiger partial charge on any atom is -0.493 e. The van der Waals surface area contributed by atoms with Gasteiger partial charge in [-0.1, -0.05) is 47.7 Å². The van der Waals surface area contributed by atoms with Crippen molar-refractivity contribution in [3.63, 3.8) is 0 Å². The topological polar surface area (TPSA) is 162 Å². The van der Waals surface area contributed by atoms with Crippen molar-refractivity contribution in [2.24, 2.45) is 5.10 Å². The standard InChI is InChI=1S/C30H32N10O4/c1-38-12-14-39(15-13-38)18-24-27(33-37-40(24)29-28(31)35-44-36-29)30(41)34-32-17-20-10-11-25(26(16-20)42-2)43-19-22-8-5-7-21-6-3-4-9-23(21)22/h3-11,16-17H,12-15,18-19H2,1-2H3,(H2,31,35)(H,34,41)/b32-17-. The molecule has 1 fully saturated rings. The number of nitrogen functional groups attached to an aromatic ring is 1. The number of carbonyl (C=O) groups excluding carboxylic acids is 1. The maximum absolute atomic E-state index is 13.2. The second-order valence-electron chi connectivity index (χ2n) is 10.4. The van der Waals surface area contributed by atoms with Crippen molar-refractivity contribution in [1.29, 1.82) is 0 Å². The van der Waals surface area contributed by atoms with Crippen LogP contribution in [0.15, 0.2) is 70.4 Å². The molecule has 3 N–H and O–H groups in total. The van der Waals surface area contributed by atoms with Crippen molar-refractivity contribution < 1.29 is 18.9 Å². The molecule has 1 aliphatic heterocycles. The van der Waals surface area contributed by atoms with E-state index in [0.29, 0.717) is 35.9 Å². The molecule has 226 valence electrons. The SMILES string of the molecule is COc1cc(/C=N\NC(=O)c2nnn(-c3nonc3N)c2CN2CCN(C)CC2)ccc1OCc1cccc2ccccc12. The van der Waals surface area contributed by atoms with Gasteiger partial charge in [-0.2, -0.15) is 9.78 Å². The van der Waals surface area contributed by atoms with Crippen molar-refractivity contribution in [1.82, 2.24) is 40.5 Å². The number of likely N-dealkylation sites (N-methyl/N-ethyl adjacent to an activating group) is 1. The Labute approximate surface area is 253 Å². The highest BCUT2D eigenvalue weighted by atomic mass is 16.6. The Morgan fingerprint density at radius 1 is 1.07 bits per heavy atom. The maximum atomic E-state index is 13.2. The normalized spacial score (nSPS) is 14.3. The van der Waals surface area contributed by atoms with Crippen LogP contribution in [0.5, 0.6) is 11.5 Å². The van der Waals surface area contributed by atoms with Gasteiger partial charge in [0.05, 0.1) is 19.0 Å². The summed E-state index contributed by atoms with van der Waals surface area (Å²) >= 11 is 0. The third-order valence-corrected chi connectivity index (χ3v) is 7.47. The number of aromatic nitrogens is 5. The van der Waals surface area contributed by atoms with E-state index in [9.17, 15) is 4.79 Å². The number of nitrogens with one attached hydrogen (secondary N) is 1. The molecule has 1 aliphatic rings. The van der Waals surface area contributed by atoms with Gasteiger partial charge in [0.25, 0.3) is 5.91 Å². The summed E-state index contributed by atoms with van der Waals surface area (Å²) in [6.07, 6.45) is 1.51. The molecule has 14 heteroatoms. The number of hydrazone groups is 1. The molecule has 3 aromatic carbocycles. The molecule has 3 heterocycles. The molecule has 0 bridgehead atoms. The highest BCUT2D eigenvalue weighted by molar-refractivity contribution is 5.94. The molecule has 0 atom stereocenters. The van der Waals surface area contributed by atoms with Gasteiger partial charge in [0.15, 0.2) is 17.2 Å². The van der Waals surface area contributed by atoms with Crippen LogP contribution in [0.2, 0.25) is 0 Å². The number of benzene rings is 3. The minimum absolute atomic E-state index is 0.0398. The van der Waals surface area contributed by atoms with Gasteiger partial charge in [-0.15, -0.1) is 5.10 Å². The van der Waals surface area contributed by atoms with Gasteiger partial charge in [-0.05, 0) is 57.5 Å². The van der Waals surface area contributed by atoms with Gasteiger partial charge in [-0.3, -0.25) is 9.69 Å². The molecule has 1 saturated heterocycles. The lowest BCUT2D eigenvalue weighted by atomic mass is 10.1. The Morgan fingerprint density at radius 2 is 1.89 bits per heavy atom. The summed E-state index contributed by atoms with van der Waals surface area (Å²) in [7, 11) is 3.65. The summed E-state index contributed by atoms with van der Waals surface area (Å²) < 4.78 is 17.8. The van der Waals surface area contributed by atoms with Crippen molar-refractivity contribution in [2.75, 3.05) is 46.1 Å². The number of ether oxygens (including phenoxy) is 2. The second-order valence-corrected chi connectivity index (χ2v) is 10.4. The van der Waals surface area contributed by atoms with Gasteiger partial charge in [0, 0.05) is 32.7 Å². The molecule has 44 heavy (non-hydrogen) atoms. The van der Waals surface area contributed by atoms with Crippen molar-refractivity contribution in [2.45, 2.75) is 13.2 Å². The molecule has 0 unspecified atom stereocenters. The number of hydrogen-bond acceptors (Lipinski definition) is 12. The van der Waals surface area contributed by atoms with E-state index < -0.39 is 5.91 Å². The molecular weight excluding hydrogens is 564 g/mol. The Hall–Kier alpha value is -5.34. The fraction of sp³-hybridized carbons (Fsp3) is 0.267. The van der Waals surface area contributed by atoms with E-state index in [1.807, 2.05) is 36.4 Å². The highest BCUT2D eigenvalue weighted by Gasteiger charge is 2.26. The number of fused-ring (bicyclic) bond motifs is 1. The monoisotopic (exact) mass is 596 g/mol. The molecule has 0 radical (unpaired) electrons. The fourth-order valence-corrected chi connectivity index (χ4v) is 5.02. The molecule has 6 rings (SSSR count). The van der Waals surface area contributed by atoms with E-state index in [0.717, 1.165) is 42.5 Å². The van der Waals surface area contributed by atoms with Crippen molar-refractivity contribution in [3.8, 4) is 17.3 Å². The summed E-state index contributed by atoms with van der Waals surface area (Å²) in [6.45, 7) is 4.22. The fourth-order valence-electron chi connectivity index (χ4n) is 5.02. The minimum atomic E-state index is -0.534. The first-order valence-electron chi connectivity index (χ1n) is 14.0. The van der Waals surface area contributed by atoms with Crippen LogP contribution >= 0.6 is 0 Å². The lowest BCUT2D eigenvalue weighted by Crippen LogP contribution is -2.44. The van der Waals surface area contributed by atoms with Gasteiger partial charge in [-0.25, -0.2) is 10.1 Å². The zero-order valence-electron chi connectivity index (χ0n) is 24.4. The van der Waals surface area contributed by atoms with E-state index in [1.165, 1.54) is 10.9 Å². The smallest absolute Gasteiger partial charge is 0.293 e. The van der Waals surface area contributed by atoms with Gasteiger partial charge >= 0.3 is 0 Å².